The van der Waals surface area contributed by atoms with Gasteiger partial charge >= 0.3 is 5.97 Å². The van der Waals surface area contributed by atoms with E-state index in [1.54, 1.807) is 0 Å². The normalized spacial score (nSPS) is 15.7. The zero-order chi connectivity index (χ0) is 14.6. The van der Waals surface area contributed by atoms with Gasteiger partial charge in [0.1, 0.15) is 17.2 Å². The molecular weight excluding hydrogens is 285 g/mol. The molecule has 1 N–H and O–H groups in total. The fraction of sp³-hybridized carbons (Fsp3) is 0.417. The predicted octanol–water partition coefficient (Wildman–Crippen LogP) is 2.29. The summed E-state index contributed by atoms with van der Waals surface area (Å²) in [6.07, 6.45) is -2.58. The lowest BCUT2D eigenvalue weighted by Crippen LogP contribution is -2.45. The molecule has 0 fully saturated rings. The number of esters is 1. The Bertz CT molecular complexity index is 470. The molecule has 0 aliphatic carbocycles. The Kier molecular flexibility index (Phi) is 5.20. The minimum atomic E-state index is -2.62. The number of carbonyl (C=O) groups excluding carboxylic acids is 1. The molecular formula is C12H12ClF3O3. The highest BCUT2D eigenvalue weighted by atomic mass is 35.5. The molecule has 0 saturated carbocycles. The highest BCUT2D eigenvalue weighted by Crippen LogP contribution is 2.32. The van der Waals surface area contributed by atoms with E-state index >= 15 is 0 Å². The van der Waals surface area contributed by atoms with E-state index in [9.17, 15) is 23.1 Å². The molecule has 0 aliphatic heterocycles. The van der Waals surface area contributed by atoms with Gasteiger partial charge in [0.05, 0.1) is 12.5 Å². The molecule has 2 atom stereocenters. The number of benzene rings is 1. The topological polar surface area (TPSA) is 46.5 Å². The van der Waals surface area contributed by atoms with Crippen molar-refractivity contribution >= 4 is 17.6 Å². The van der Waals surface area contributed by atoms with Gasteiger partial charge < -0.3 is 9.84 Å². The van der Waals surface area contributed by atoms with E-state index in [1.165, 1.54) is 6.92 Å². The second kappa shape index (κ2) is 6.25. The van der Waals surface area contributed by atoms with Crippen LogP contribution in [-0.2, 0) is 15.1 Å². The summed E-state index contributed by atoms with van der Waals surface area (Å²) in [6.45, 7) is 1.34. The fourth-order valence-electron chi connectivity index (χ4n) is 1.53. The predicted molar refractivity (Wildman–Crippen MR) is 62.5 cm³/mol. The smallest absolute Gasteiger partial charge is 0.344 e. The zero-order valence-electron chi connectivity index (χ0n) is 10.00. The van der Waals surface area contributed by atoms with Crippen LogP contribution < -0.4 is 0 Å². The molecule has 7 heteroatoms. The molecule has 0 spiro atoms. The Morgan fingerprint density at radius 1 is 1.53 bits per heavy atom. The van der Waals surface area contributed by atoms with Gasteiger partial charge in [0.2, 0.25) is 6.17 Å². The highest BCUT2D eigenvalue weighted by molar-refractivity contribution is 6.18. The van der Waals surface area contributed by atoms with E-state index in [2.05, 4.69) is 4.74 Å². The van der Waals surface area contributed by atoms with Crippen LogP contribution in [0.5, 0.6) is 0 Å². The van der Waals surface area contributed by atoms with E-state index < -0.39 is 40.8 Å². The lowest BCUT2D eigenvalue weighted by atomic mass is 9.90. The summed E-state index contributed by atoms with van der Waals surface area (Å²) in [4.78, 5) is 11.3. The maximum atomic E-state index is 13.9. The number of carbonyl (C=O) groups is 1. The summed E-state index contributed by atoms with van der Waals surface area (Å²) in [6, 6.07) is 2.12. The second-order valence-electron chi connectivity index (χ2n) is 3.80. The molecule has 1 aromatic carbocycles. The van der Waals surface area contributed by atoms with Crippen LogP contribution in [0.4, 0.5) is 13.2 Å². The molecule has 0 radical (unpaired) electrons. The molecule has 0 aromatic heterocycles. The Morgan fingerprint density at radius 2 is 2.16 bits per heavy atom. The van der Waals surface area contributed by atoms with Gasteiger partial charge in [0.25, 0.3) is 0 Å². The average molecular weight is 297 g/mol. The second-order valence-corrected chi connectivity index (χ2v) is 4.06. The molecule has 106 valence electrons. The van der Waals surface area contributed by atoms with Crippen LogP contribution in [0.25, 0.3) is 0 Å². The molecule has 0 aliphatic rings. The SMILES string of the molecule is CCOC(=O)C(F)C(O)(CCl)c1ccc(F)cc1F. The van der Waals surface area contributed by atoms with Crippen molar-refractivity contribution in [1.29, 1.82) is 0 Å². The summed E-state index contributed by atoms with van der Waals surface area (Å²) in [5, 5.41) is 10.1. The van der Waals surface area contributed by atoms with Gasteiger partial charge in [-0.3, -0.25) is 0 Å². The van der Waals surface area contributed by atoms with Gasteiger partial charge in [-0.25, -0.2) is 18.0 Å². The van der Waals surface area contributed by atoms with Crippen molar-refractivity contribution in [3.8, 4) is 0 Å². The van der Waals surface area contributed by atoms with E-state index in [0.29, 0.717) is 6.07 Å². The first-order valence-electron chi connectivity index (χ1n) is 5.41. The highest BCUT2D eigenvalue weighted by Gasteiger charge is 2.45. The molecule has 0 amide bonds. The van der Waals surface area contributed by atoms with Gasteiger partial charge in [0.15, 0.2) is 0 Å². The number of halogens is 4. The monoisotopic (exact) mass is 296 g/mol. The molecule has 3 nitrogen and oxygen atoms in total. The van der Waals surface area contributed by atoms with Crippen molar-refractivity contribution in [3.63, 3.8) is 0 Å². The van der Waals surface area contributed by atoms with E-state index in [4.69, 9.17) is 11.6 Å². The number of hydrogen-bond donors (Lipinski definition) is 1. The number of aliphatic hydroxyl groups is 1. The number of ether oxygens (including phenoxy) is 1. The third-order valence-electron chi connectivity index (χ3n) is 2.51. The third-order valence-corrected chi connectivity index (χ3v) is 2.92. The maximum Gasteiger partial charge on any atom is 0.344 e. The van der Waals surface area contributed by atoms with Gasteiger partial charge in [-0.05, 0) is 13.0 Å². The molecule has 1 aromatic rings. The first-order chi connectivity index (χ1) is 8.86. The largest absolute Gasteiger partial charge is 0.464 e. The van der Waals surface area contributed by atoms with Crippen LogP contribution >= 0.6 is 11.6 Å². The quantitative estimate of drug-likeness (QED) is 0.670. The molecule has 1 rings (SSSR count). The Hall–Kier alpha value is -1.27. The van der Waals surface area contributed by atoms with Gasteiger partial charge in [-0.2, -0.15) is 0 Å². The lowest BCUT2D eigenvalue weighted by molar-refractivity contribution is -0.160. The van der Waals surface area contributed by atoms with Crippen molar-refractivity contribution in [2.24, 2.45) is 0 Å². The van der Waals surface area contributed by atoms with Gasteiger partial charge in [-0.15, -0.1) is 11.6 Å². The summed E-state index contributed by atoms with van der Waals surface area (Å²) >= 11 is 5.44. The van der Waals surface area contributed by atoms with Crippen LogP contribution in [0.1, 0.15) is 12.5 Å². The van der Waals surface area contributed by atoms with Crippen LogP contribution in [-0.4, -0.2) is 29.7 Å². The zero-order valence-corrected chi connectivity index (χ0v) is 10.8. The van der Waals surface area contributed by atoms with Crippen molar-refractivity contribution < 1.29 is 27.8 Å². The number of rotatable bonds is 5. The van der Waals surface area contributed by atoms with Crippen LogP contribution in [0.2, 0.25) is 0 Å². The van der Waals surface area contributed by atoms with E-state index in [0.717, 1.165) is 12.1 Å². The lowest BCUT2D eigenvalue weighted by Gasteiger charge is -2.28. The van der Waals surface area contributed by atoms with Gasteiger partial charge in [0, 0.05) is 11.6 Å². The van der Waals surface area contributed by atoms with Crippen molar-refractivity contribution in [3.05, 3.63) is 35.4 Å². The van der Waals surface area contributed by atoms with Crippen LogP contribution in [0, 0.1) is 11.6 Å². The van der Waals surface area contributed by atoms with Crippen LogP contribution in [0.15, 0.2) is 18.2 Å². The summed E-state index contributed by atoms with van der Waals surface area (Å²) < 4.78 is 44.7. The first-order valence-corrected chi connectivity index (χ1v) is 5.94. The van der Waals surface area contributed by atoms with E-state index in [-0.39, 0.29) is 6.61 Å². The Balaban J connectivity index is 3.18. The van der Waals surface area contributed by atoms with Gasteiger partial charge in [-0.1, -0.05) is 6.07 Å². The molecule has 2 unspecified atom stereocenters. The minimum absolute atomic E-state index is 0.108. The van der Waals surface area contributed by atoms with Crippen molar-refractivity contribution in [2.75, 3.05) is 12.5 Å². The Labute approximate surface area is 112 Å². The molecule has 19 heavy (non-hydrogen) atoms. The third kappa shape index (κ3) is 3.19. The average Bonchev–Trinajstić information content (AvgIpc) is 2.37. The summed E-state index contributed by atoms with van der Waals surface area (Å²) in [7, 11) is 0. The number of hydrogen-bond acceptors (Lipinski definition) is 3. The minimum Gasteiger partial charge on any atom is -0.464 e. The van der Waals surface area contributed by atoms with E-state index in [1.807, 2.05) is 0 Å². The molecule has 0 heterocycles. The van der Waals surface area contributed by atoms with Crippen molar-refractivity contribution in [2.45, 2.75) is 18.7 Å². The first kappa shape index (κ1) is 15.8. The summed E-state index contributed by atoms with van der Waals surface area (Å²) in [5.41, 5.74) is -3.23. The van der Waals surface area contributed by atoms with Crippen molar-refractivity contribution in [1.82, 2.24) is 0 Å². The summed E-state index contributed by atoms with van der Waals surface area (Å²) in [5.74, 6) is -4.26. The standard InChI is InChI=1S/C12H12ClF3O3/c1-2-19-11(17)10(16)12(18,6-13)8-4-3-7(14)5-9(8)15/h3-5,10,18H,2,6H2,1H3. The Morgan fingerprint density at radius 3 is 2.63 bits per heavy atom. The fourth-order valence-corrected chi connectivity index (χ4v) is 1.81. The molecule has 0 bridgehead atoms. The number of alkyl halides is 2. The van der Waals surface area contributed by atoms with Crippen LogP contribution in [0.3, 0.4) is 0 Å². The molecule has 0 saturated heterocycles. The maximum absolute atomic E-state index is 13.9.